The summed E-state index contributed by atoms with van der Waals surface area (Å²) in [7, 11) is 1.65. The SMILES string of the molecule is COc1cc(C)c(/C=N/NC(=O)C(CC(C)C)NC(=O)c2ccc(Cl)cc2)cc1C(C)C. The van der Waals surface area contributed by atoms with Gasteiger partial charge in [-0.3, -0.25) is 9.59 Å². The van der Waals surface area contributed by atoms with E-state index in [4.69, 9.17) is 16.3 Å². The number of nitrogens with one attached hydrogen (secondary N) is 2. The fourth-order valence-electron chi connectivity index (χ4n) is 3.27. The molecule has 1 unspecified atom stereocenters. The van der Waals surface area contributed by atoms with Crippen molar-refractivity contribution in [3.8, 4) is 5.75 Å². The summed E-state index contributed by atoms with van der Waals surface area (Å²) < 4.78 is 5.47. The van der Waals surface area contributed by atoms with E-state index in [0.29, 0.717) is 17.0 Å². The van der Waals surface area contributed by atoms with Gasteiger partial charge in [-0.1, -0.05) is 39.3 Å². The Balaban J connectivity index is 2.13. The van der Waals surface area contributed by atoms with E-state index in [-0.39, 0.29) is 23.7 Å². The van der Waals surface area contributed by atoms with Crippen LogP contribution in [0.2, 0.25) is 5.02 Å². The quantitative estimate of drug-likeness (QED) is 0.407. The molecule has 2 rings (SSSR count). The maximum atomic E-state index is 12.8. The van der Waals surface area contributed by atoms with E-state index in [0.717, 1.165) is 22.4 Å². The summed E-state index contributed by atoms with van der Waals surface area (Å²) in [6.07, 6.45) is 2.10. The zero-order valence-electron chi connectivity index (χ0n) is 19.5. The Kier molecular flexibility index (Phi) is 9.27. The molecule has 6 nitrogen and oxygen atoms in total. The van der Waals surface area contributed by atoms with Gasteiger partial charge in [-0.05, 0) is 78.3 Å². The zero-order valence-corrected chi connectivity index (χ0v) is 20.3. The first-order chi connectivity index (χ1) is 15.1. The van der Waals surface area contributed by atoms with Crippen molar-refractivity contribution in [2.75, 3.05) is 7.11 Å². The molecule has 0 aliphatic heterocycles. The van der Waals surface area contributed by atoms with E-state index in [1.807, 2.05) is 32.9 Å². The number of carbonyl (C=O) groups is 2. The third-order valence-electron chi connectivity index (χ3n) is 5.05. The van der Waals surface area contributed by atoms with E-state index in [1.165, 1.54) is 0 Å². The predicted octanol–water partition coefficient (Wildman–Crippen LogP) is 5.08. The topological polar surface area (TPSA) is 79.8 Å². The molecule has 0 bridgehead atoms. The van der Waals surface area contributed by atoms with Crippen LogP contribution >= 0.6 is 11.6 Å². The Morgan fingerprint density at radius 3 is 2.34 bits per heavy atom. The third kappa shape index (κ3) is 7.09. The summed E-state index contributed by atoms with van der Waals surface area (Å²) in [6.45, 7) is 10.1. The van der Waals surface area contributed by atoms with Gasteiger partial charge < -0.3 is 10.1 Å². The number of halogens is 1. The summed E-state index contributed by atoms with van der Waals surface area (Å²) in [5.74, 6) is 0.621. The summed E-state index contributed by atoms with van der Waals surface area (Å²) >= 11 is 5.89. The Hall–Kier alpha value is -2.86. The van der Waals surface area contributed by atoms with Crippen LogP contribution in [0.3, 0.4) is 0 Å². The molecule has 2 amide bonds. The van der Waals surface area contributed by atoms with E-state index >= 15 is 0 Å². The maximum absolute atomic E-state index is 12.8. The van der Waals surface area contributed by atoms with E-state index in [1.54, 1.807) is 37.6 Å². The monoisotopic (exact) mass is 457 g/mol. The molecule has 0 radical (unpaired) electrons. The fourth-order valence-corrected chi connectivity index (χ4v) is 3.40. The molecule has 0 spiro atoms. The largest absolute Gasteiger partial charge is 0.496 e. The smallest absolute Gasteiger partial charge is 0.262 e. The van der Waals surface area contributed by atoms with Crippen LogP contribution < -0.4 is 15.5 Å². The molecule has 2 aromatic rings. The molecular weight excluding hydrogens is 426 g/mol. The lowest BCUT2D eigenvalue weighted by molar-refractivity contribution is -0.123. The third-order valence-corrected chi connectivity index (χ3v) is 5.31. The van der Waals surface area contributed by atoms with Crippen LogP contribution in [-0.2, 0) is 4.79 Å². The van der Waals surface area contributed by atoms with Gasteiger partial charge in [0, 0.05) is 10.6 Å². The molecule has 0 saturated carbocycles. The number of ether oxygens (including phenoxy) is 1. The molecule has 172 valence electrons. The zero-order chi connectivity index (χ0) is 23.8. The van der Waals surface area contributed by atoms with Gasteiger partial charge in [0.1, 0.15) is 11.8 Å². The molecule has 0 aromatic heterocycles. The second kappa shape index (κ2) is 11.7. The lowest BCUT2D eigenvalue weighted by Gasteiger charge is -2.19. The van der Waals surface area contributed by atoms with E-state index in [2.05, 4.69) is 29.7 Å². The van der Waals surface area contributed by atoms with Gasteiger partial charge in [-0.25, -0.2) is 5.43 Å². The lowest BCUT2D eigenvalue weighted by Crippen LogP contribution is -2.46. The fraction of sp³-hybridized carbons (Fsp3) is 0.400. The molecule has 2 N–H and O–H groups in total. The van der Waals surface area contributed by atoms with Crippen LogP contribution in [0.25, 0.3) is 0 Å². The number of aryl methyl sites for hydroxylation is 1. The molecule has 0 aliphatic rings. The van der Waals surface area contributed by atoms with Gasteiger partial charge >= 0.3 is 0 Å². The number of rotatable bonds is 9. The van der Waals surface area contributed by atoms with Crippen molar-refractivity contribution in [1.82, 2.24) is 10.7 Å². The molecule has 32 heavy (non-hydrogen) atoms. The van der Waals surface area contributed by atoms with Crippen LogP contribution in [0.4, 0.5) is 0 Å². The Labute approximate surface area is 195 Å². The normalized spacial score (nSPS) is 12.3. The number of hydrogen-bond donors (Lipinski definition) is 2. The summed E-state index contributed by atoms with van der Waals surface area (Å²) in [4.78, 5) is 25.3. The molecule has 7 heteroatoms. The number of benzene rings is 2. The van der Waals surface area contributed by atoms with Crippen LogP contribution in [-0.4, -0.2) is 31.2 Å². The molecular formula is C25H32ClN3O3. The number of carbonyl (C=O) groups excluding carboxylic acids is 2. The van der Waals surface area contributed by atoms with Gasteiger partial charge in [-0.2, -0.15) is 5.10 Å². The van der Waals surface area contributed by atoms with Gasteiger partial charge in [0.05, 0.1) is 13.3 Å². The minimum atomic E-state index is -0.710. The van der Waals surface area contributed by atoms with Crippen LogP contribution in [0.1, 0.15) is 67.1 Å². The lowest BCUT2D eigenvalue weighted by atomic mass is 9.97. The Morgan fingerprint density at radius 2 is 1.78 bits per heavy atom. The molecule has 0 aliphatic carbocycles. The molecule has 0 fully saturated rings. The van der Waals surface area contributed by atoms with Crippen molar-refractivity contribution >= 4 is 29.6 Å². The number of hydrogen-bond acceptors (Lipinski definition) is 4. The van der Waals surface area contributed by atoms with Crippen LogP contribution in [0.5, 0.6) is 5.75 Å². The number of amides is 2. The highest BCUT2D eigenvalue weighted by atomic mass is 35.5. The minimum absolute atomic E-state index is 0.206. The number of methoxy groups -OCH3 is 1. The summed E-state index contributed by atoms with van der Waals surface area (Å²) in [6, 6.07) is 9.80. The van der Waals surface area contributed by atoms with Crippen molar-refractivity contribution in [1.29, 1.82) is 0 Å². The highest BCUT2D eigenvalue weighted by Gasteiger charge is 2.22. The summed E-state index contributed by atoms with van der Waals surface area (Å²) in [5.41, 5.74) is 5.95. The van der Waals surface area contributed by atoms with E-state index < -0.39 is 6.04 Å². The van der Waals surface area contributed by atoms with Crippen LogP contribution in [0, 0.1) is 12.8 Å². The molecule has 0 saturated heterocycles. The highest BCUT2D eigenvalue weighted by molar-refractivity contribution is 6.30. The van der Waals surface area contributed by atoms with Gasteiger partial charge in [0.2, 0.25) is 0 Å². The van der Waals surface area contributed by atoms with Crippen LogP contribution in [0.15, 0.2) is 41.5 Å². The average molecular weight is 458 g/mol. The molecule has 2 aromatic carbocycles. The van der Waals surface area contributed by atoms with Gasteiger partial charge in [0.15, 0.2) is 0 Å². The van der Waals surface area contributed by atoms with Crippen molar-refractivity contribution in [3.05, 3.63) is 63.7 Å². The Bertz CT molecular complexity index is 969. The Morgan fingerprint density at radius 1 is 1.12 bits per heavy atom. The molecule has 1 atom stereocenters. The maximum Gasteiger partial charge on any atom is 0.262 e. The van der Waals surface area contributed by atoms with Crippen molar-refractivity contribution < 1.29 is 14.3 Å². The number of hydrazone groups is 1. The van der Waals surface area contributed by atoms with Crippen molar-refractivity contribution in [2.24, 2.45) is 11.0 Å². The summed E-state index contributed by atoms with van der Waals surface area (Å²) in [5, 5.41) is 7.49. The van der Waals surface area contributed by atoms with Gasteiger partial charge in [-0.15, -0.1) is 0 Å². The van der Waals surface area contributed by atoms with Crippen molar-refractivity contribution in [2.45, 2.75) is 53.0 Å². The standard InChI is InChI=1S/C25H32ClN3O3/c1-15(2)11-22(28-24(30)18-7-9-20(26)10-8-18)25(31)29-27-14-19-13-21(16(3)4)23(32-6)12-17(19)5/h7-10,12-16,22H,11H2,1-6H3,(H,28,30)(H,29,31)/b27-14+. The first kappa shape index (κ1) is 25.4. The van der Waals surface area contributed by atoms with E-state index in [9.17, 15) is 9.59 Å². The second-order valence-corrected chi connectivity index (χ2v) is 8.94. The first-order valence-electron chi connectivity index (χ1n) is 10.7. The van der Waals surface area contributed by atoms with Crippen molar-refractivity contribution in [3.63, 3.8) is 0 Å². The molecule has 0 heterocycles. The second-order valence-electron chi connectivity index (χ2n) is 8.50. The minimum Gasteiger partial charge on any atom is -0.496 e. The first-order valence-corrected chi connectivity index (χ1v) is 11.1. The van der Waals surface area contributed by atoms with Gasteiger partial charge in [0.25, 0.3) is 11.8 Å². The highest BCUT2D eigenvalue weighted by Crippen LogP contribution is 2.29. The average Bonchev–Trinajstić information content (AvgIpc) is 2.73. The number of nitrogens with zero attached hydrogens (tertiary/aromatic N) is 1. The predicted molar refractivity (Wildman–Crippen MR) is 130 cm³/mol.